The Kier molecular flexibility index (Phi) is 5.19. The lowest BCUT2D eigenvalue weighted by Crippen LogP contribution is -2.24. The summed E-state index contributed by atoms with van der Waals surface area (Å²) in [4.78, 5) is 16.5. The Balaban J connectivity index is 1.70. The van der Waals surface area contributed by atoms with Crippen LogP contribution in [-0.4, -0.2) is 15.3 Å². The maximum absolute atomic E-state index is 12.2. The van der Waals surface area contributed by atoms with Crippen LogP contribution in [0.15, 0.2) is 54.7 Å². The summed E-state index contributed by atoms with van der Waals surface area (Å²) in [7, 11) is 0. The third-order valence-corrected chi connectivity index (χ3v) is 4.44. The normalized spacial score (nSPS) is 12.6. The number of nitrogens with one attached hydrogen (secondary N) is 1. The number of halogens is 1. The number of pyridine rings is 1. The smallest absolute Gasteiger partial charge is 0.244 e. The van der Waals surface area contributed by atoms with Crippen LogP contribution in [0.1, 0.15) is 36.7 Å². The Morgan fingerprint density at radius 3 is 2.76 bits per heavy atom. The van der Waals surface area contributed by atoms with Gasteiger partial charge in [-0.2, -0.15) is 0 Å². The van der Waals surface area contributed by atoms with E-state index in [-0.39, 0.29) is 11.9 Å². The largest absolute Gasteiger partial charge is 0.346 e. The van der Waals surface area contributed by atoms with Gasteiger partial charge in [0.15, 0.2) is 5.15 Å². The average Bonchev–Trinajstić information content (AvgIpc) is 2.95. The maximum atomic E-state index is 12.2. The van der Waals surface area contributed by atoms with Crippen molar-refractivity contribution in [1.82, 2.24) is 14.7 Å². The molecule has 1 N–H and O–H groups in total. The van der Waals surface area contributed by atoms with Gasteiger partial charge in [0, 0.05) is 12.3 Å². The predicted octanol–water partition coefficient (Wildman–Crippen LogP) is 4.44. The average molecular weight is 354 g/mol. The van der Waals surface area contributed by atoms with Crippen molar-refractivity contribution in [3.8, 4) is 0 Å². The highest BCUT2D eigenvalue weighted by Crippen LogP contribution is 2.19. The fourth-order valence-electron chi connectivity index (χ4n) is 2.68. The second-order valence-electron chi connectivity index (χ2n) is 5.88. The Morgan fingerprint density at radius 2 is 2.04 bits per heavy atom. The number of carbonyl (C=O) groups is 1. The summed E-state index contributed by atoms with van der Waals surface area (Å²) >= 11 is 6.17. The van der Waals surface area contributed by atoms with E-state index < -0.39 is 0 Å². The third-order valence-electron chi connectivity index (χ3n) is 4.16. The van der Waals surface area contributed by atoms with Crippen molar-refractivity contribution in [2.75, 3.05) is 0 Å². The van der Waals surface area contributed by atoms with Gasteiger partial charge in [-0.1, -0.05) is 48.9 Å². The number of hydrogen-bond acceptors (Lipinski definition) is 2. The van der Waals surface area contributed by atoms with E-state index in [1.165, 1.54) is 11.6 Å². The predicted molar refractivity (Wildman–Crippen MR) is 102 cm³/mol. The Morgan fingerprint density at radius 1 is 1.28 bits per heavy atom. The summed E-state index contributed by atoms with van der Waals surface area (Å²) in [5.41, 5.74) is 3.79. The fraction of sp³-hybridized carbons (Fsp3) is 0.200. The lowest BCUT2D eigenvalue weighted by molar-refractivity contribution is -0.117. The molecular weight excluding hydrogens is 334 g/mol. The molecule has 3 rings (SSSR count). The van der Waals surface area contributed by atoms with Crippen molar-refractivity contribution in [3.63, 3.8) is 0 Å². The summed E-state index contributed by atoms with van der Waals surface area (Å²) in [5, 5.41) is 3.34. The van der Waals surface area contributed by atoms with E-state index in [9.17, 15) is 4.79 Å². The highest BCUT2D eigenvalue weighted by molar-refractivity contribution is 6.31. The molecule has 0 bridgehead atoms. The minimum atomic E-state index is -0.172. The van der Waals surface area contributed by atoms with Crippen LogP contribution >= 0.6 is 11.6 Å². The number of amides is 1. The molecule has 0 aliphatic rings. The first-order chi connectivity index (χ1) is 12.1. The van der Waals surface area contributed by atoms with Gasteiger partial charge in [0.25, 0.3) is 0 Å². The number of aryl methyl sites for hydroxylation is 1. The van der Waals surface area contributed by atoms with E-state index in [0.717, 1.165) is 17.6 Å². The molecule has 0 saturated heterocycles. The first kappa shape index (κ1) is 17.2. The molecule has 0 aliphatic carbocycles. The Labute approximate surface area is 152 Å². The molecule has 25 heavy (non-hydrogen) atoms. The zero-order valence-electron chi connectivity index (χ0n) is 14.2. The molecule has 1 aromatic carbocycles. The van der Waals surface area contributed by atoms with Gasteiger partial charge in [0.2, 0.25) is 5.91 Å². The van der Waals surface area contributed by atoms with Crippen LogP contribution in [0.3, 0.4) is 0 Å². The van der Waals surface area contributed by atoms with Gasteiger partial charge in [-0.3, -0.25) is 9.20 Å². The topological polar surface area (TPSA) is 46.4 Å². The monoisotopic (exact) mass is 353 g/mol. The number of hydrogen-bond donors (Lipinski definition) is 1. The summed E-state index contributed by atoms with van der Waals surface area (Å²) < 4.78 is 1.85. The molecule has 0 saturated carbocycles. The molecule has 5 heteroatoms. The van der Waals surface area contributed by atoms with Gasteiger partial charge in [0.05, 0.1) is 11.7 Å². The van der Waals surface area contributed by atoms with Crippen molar-refractivity contribution in [2.45, 2.75) is 26.3 Å². The van der Waals surface area contributed by atoms with Crippen LogP contribution in [0.2, 0.25) is 5.15 Å². The van der Waals surface area contributed by atoms with Crippen molar-refractivity contribution in [2.24, 2.45) is 0 Å². The quantitative estimate of drug-likeness (QED) is 0.689. The molecule has 0 aliphatic heterocycles. The van der Waals surface area contributed by atoms with E-state index in [4.69, 9.17) is 11.6 Å². The van der Waals surface area contributed by atoms with Crippen LogP contribution in [0.5, 0.6) is 0 Å². The first-order valence-corrected chi connectivity index (χ1v) is 8.66. The fourth-order valence-corrected chi connectivity index (χ4v) is 2.92. The van der Waals surface area contributed by atoms with Gasteiger partial charge >= 0.3 is 0 Å². The van der Waals surface area contributed by atoms with Crippen molar-refractivity contribution < 1.29 is 4.79 Å². The van der Waals surface area contributed by atoms with Crippen molar-refractivity contribution >= 4 is 29.2 Å². The number of nitrogens with zero attached hydrogens (tertiary/aromatic N) is 2. The zero-order valence-corrected chi connectivity index (χ0v) is 15.0. The van der Waals surface area contributed by atoms with Crippen LogP contribution in [0, 0.1) is 0 Å². The van der Waals surface area contributed by atoms with E-state index in [1.54, 1.807) is 6.08 Å². The number of fused-ring (bicyclic) bond motifs is 1. The van der Waals surface area contributed by atoms with E-state index in [0.29, 0.717) is 10.8 Å². The second kappa shape index (κ2) is 7.53. The molecule has 1 atom stereocenters. The summed E-state index contributed by atoms with van der Waals surface area (Å²) in [6.45, 7) is 4.09. The molecule has 3 aromatic rings. The minimum absolute atomic E-state index is 0.0688. The summed E-state index contributed by atoms with van der Waals surface area (Å²) in [6.07, 6.45) is 6.04. The molecule has 0 fully saturated rings. The lowest BCUT2D eigenvalue weighted by atomic mass is 10.1. The van der Waals surface area contributed by atoms with Gasteiger partial charge < -0.3 is 5.32 Å². The summed E-state index contributed by atoms with van der Waals surface area (Å²) in [6, 6.07) is 13.9. The van der Waals surface area contributed by atoms with E-state index in [2.05, 4.69) is 41.5 Å². The van der Waals surface area contributed by atoms with Gasteiger partial charge in [-0.15, -0.1) is 0 Å². The summed E-state index contributed by atoms with van der Waals surface area (Å²) in [5.74, 6) is -0.172. The van der Waals surface area contributed by atoms with Crippen LogP contribution in [0.25, 0.3) is 11.7 Å². The Bertz CT molecular complexity index is 912. The van der Waals surface area contributed by atoms with Gasteiger partial charge in [-0.05, 0) is 42.7 Å². The van der Waals surface area contributed by atoms with Crippen molar-refractivity contribution in [3.05, 3.63) is 76.7 Å². The highest BCUT2D eigenvalue weighted by atomic mass is 35.5. The molecule has 1 amide bonds. The molecule has 2 heterocycles. The molecule has 1 unspecified atom stereocenters. The van der Waals surface area contributed by atoms with Gasteiger partial charge in [-0.25, -0.2) is 4.98 Å². The number of imidazole rings is 1. The second-order valence-corrected chi connectivity index (χ2v) is 6.23. The molecule has 128 valence electrons. The van der Waals surface area contributed by atoms with E-state index in [1.807, 2.05) is 35.7 Å². The number of rotatable bonds is 5. The standard InChI is InChI=1S/C20H20ClN3O/c1-3-15-7-9-16(10-8-15)14(2)22-19(25)12-11-17-20(21)23-18-6-4-5-13-24(17)18/h4-14H,3H2,1-2H3,(H,22,25)/b12-11+. The zero-order chi connectivity index (χ0) is 17.8. The SMILES string of the molecule is CCc1ccc(C(C)NC(=O)/C=C/c2c(Cl)nc3ccccn23)cc1. The Hall–Kier alpha value is -2.59. The van der Waals surface area contributed by atoms with Crippen LogP contribution in [0.4, 0.5) is 0 Å². The van der Waals surface area contributed by atoms with Crippen molar-refractivity contribution in [1.29, 1.82) is 0 Å². The minimum Gasteiger partial charge on any atom is -0.346 e. The maximum Gasteiger partial charge on any atom is 0.244 e. The number of benzene rings is 1. The third kappa shape index (κ3) is 3.91. The molecule has 0 radical (unpaired) electrons. The first-order valence-electron chi connectivity index (χ1n) is 8.28. The van der Waals surface area contributed by atoms with Gasteiger partial charge in [0.1, 0.15) is 5.65 Å². The molecule has 0 spiro atoms. The number of aromatic nitrogens is 2. The van der Waals surface area contributed by atoms with E-state index >= 15 is 0 Å². The van der Waals surface area contributed by atoms with Crippen LogP contribution in [-0.2, 0) is 11.2 Å². The number of carbonyl (C=O) groups excluding carboxylic acids is 1. The molecule has 4 nitrogen and oxygen atoms in total. The van der Waals surface area contributed by atoms with Crippen LogP contribution < -0.4 is 5.32 Å². The highest BCUT2D eigenvalue weighted by Gasteiger charge is 2.09. The lowest BCUT2D eigenvalue weighted by Gasteiger charge is -2.13. The molecule has 2 aromatic heterocycles. The molecular formula is C20H20ClN3O.